The number of rotatable bonds is 1. The topological polar surface area (TPSA) is 29.5 Å². The first-order valence-corrected chi connectivity index (χ1v) is 4.10. The Kier molecular flexibility index (Phi) is 2.52. The van der Waals surface area contributed by atoms with Crippen LogP contribution < -0.4 is 0 Å². The zero-order valence-electron chi connectivity index (χ0n) is 7.67. The van der Waals surface area contributed by atoms with E-state index in [9.17, 15) is 4.79 Å². The highest BCUT2D eigenvalue weighted by Crippen LogP contribution is 2.20. The molecule has 1 saturated heterocycles. The number of hydrogen-bond donors (Lipinski definition) is 0. The van der Waals surface area contributed by atoms with Crippen LogP contribution in [0.2, 0.25) is 0 Å². The quantitative estimate of drug-likeness (QED) is 0.544. The summed E-state index contributed by atoms with van der Waals surface area (Å²) >= 11 is 0. The Balaban J connectivity index is 2.80. The number of amides is 1. The van der Waals surface area contributed by atoms with Gasteiger partial charge in [0.2, 0.25) is 5.91 Å². The van der Waals surface area contributed by atoms with Crippen molar-refractivity contribution in [1.82, 2.24) is 4.90 Å². The molecule has 3 nitrogen and oxygen atoms in total. The van der Waals surface area contributed by atoms with Gasteiger partial charge >= 0.3 is 0 Å². The average Bonchev–Trinajstić information content (AvgIpc) is 2.05. The van der Waals surface area contributed by atoms with Gasteiger partial charge in [-0.2, -0.15) is 0 Å². The van der Waals surface area contributed by atoms with E-state index >= 15 is 0 Å². The molecule has 1 amide bonds. The Bertz CT molecular complexity index is 203. The van der Waals surface area contributed by atoms with Crippen LogP contribution in [0.3, 0.4) is 0 Å². The third-order valence-electron chi connectivity index (χ3n) is 2.29. The Hall–Kier alpha value is -0.830. The lowest BCUT2D eigenvalue weighted by Crippen LogP contribution is -2.55. The van der Waals surface area contributed by atoms with Crippen molar-refractivity contribution in [3.8, 4) is 0 Å². The summed E-state index contributed by atoms with van der Waals surface area (Å²) < 4.78 is 5.29. The summed E-state index contributed by atoms with van der Waals surface area (Å²) in [5.41, 5.74) is -0.315. The predicted octanol–water partition coefficient (Wildman–Crippen LogP) is 0.810. The van der Waals surface area contributed by atoms with E-state index < -0.39 is 0 Å². The summed E-state index contributed by atoms with van der Waals surface area (Å²) in [7, 11) is 0. The van der Waals surface area contributed by atoms with Crippen LogP contribution in [0.5, 0.6) is 0 Å². The molecule has 0 N–H and O–H groups in total. The van der Waals surface area contributed by atoms with Gasteiger partial charge in [-0.3, -0.25) is 4.79 Å². The molecule has 0 radical (unpaired) electrons. The molecule has 0 aromatic heterocycles. The van der Waals surface area contributed by atoms with Crippen LogP contribution in [0.4, 0.5) is 0 Å². The minimum Gasteiger partial charge on any atom is -0.377 e. The molecule has 0 saturated carbocycles. The second kappa shape index (κ2) is 3.27. The van der Waals surface area contributed by atoms with E-state index in [1.807, 2.05) is 6.92 Å². The van der Waals surface area contributed by atoms with Crippen LogP contribution in [0.15, 0.2) is 12.7 Å². The first-order valence-electron chi connectivity index (χ1n) is 4.10. The Morgan fingerprint density at radius 1 is 1.75 bits per heavy atom. The fourth-order valence-electron chi connectivity index (χ4n) is 1.45. The van der Waals surface area contributed by atoms with E-state index in [1.165, 1.54) is 0 Å². The second-order valence-corrected chi connectivity index (χ2v) is 3.28. The van der Waals surface area contributed by atoms with Gasteiger partial charge in [-0.25, -0.2) is 0 Å². The first-order chi connectivity index (χ1) is 5.60. The molecule has 1 atom stereocenters. The third-order valence-corrected chi connectivity index (χ3v) is 2.29. The monoisotopic (exact) mass is 169 g/mol. The zero-order chi connectivity index (χ0) is 9.19. The smallest absolute Gasteiger partial charge is 0.220 e. The summed E-state index contributed by atoms with van der Waals surface area (Å²) in [5, 5.41) is 0. The molecule has 3 heteroatoms. The third kappa shape index (κ3) is 1.50. The van der Waals surface area contributed by atoms with Gasteiger partial charge in [0.05, 0.1) is 18.8 Å². The highest BCUT2D eigenvalue weighted by atomic mass is 16.5. The van der Waals surface area contributed by atoms with Crippen LogP contribution in [0, 0.1) is 0 Å². The van der Waals surface area contributed by atoms with Crippen LogP contribution in [0.1, 0.15) is 13.8 Å². The van der Waals surface area contributed by atoms with Gasteiger partial charge in [-0.1, -0.05) is 6.08 Å². The molecule has 1 unspecified atom stereocenters. The lowest BCUT2D eigenvalue weighted by atomic mass is 10.00. The molecule has 0 aliphatic carbocycles. The van der Waals surface area contributed by atoms with Gasteiger partial charge in [-0.15, -0.1) is 6.58 Å². The molecule has 0 bridgehead atoms. The van der Waals surface area contributed by atoms with Gasteiger partial charge in [-0.05, 0) is 6.92 Å². The van der Waals surface area contributed by atoms with Crippen molar-refractivity contribution < 1.29 is 9.53 Å². The Morgan fingerprint density at radius 2 is 2.42 bits per heavy atom. The fraction of sp³-hybridized carbons (Fsp3) is 0.667. The van der Waals surface area contributed by atoms with Crippen molar-refractivity contribution in [2.75, 3.05) is 19.8 Å². The number of carbonyl (C=O) groups is 1. The summed E-state index contributed by atoms with van der Waals surface area (Å²) in [6.45, 7) is 9.09. The van der Waals surface area contributed by atoms with E-state index in [4.69, 9.17) is 4.74 Å². The Morgan fingerprint density at radius 3 is 2.83 bits per heavy atom. The first kappa shape index (κ1) is 9.26. The second-order valence-electron chi connectivity index (χ2n) is 3.28. The van der Waals surface area contributed by atoms with Crippen molar-refractivity contribution >= 4 is 5.91 Å². The van der Waals surface area contributed by atoms with Crippen LogP contribution in [-0.4, -0.2) is 36.1 Å². The highest BCUT2D eigenvalue weighted by Gasteiger charge is 2.33. The fourth-order valence-corrected chi connectivity index (χ4v) is 1.45. The van der Waals surface area contributed by atoms with E-state index in [-0.39, 0.29) is 11.4 Å². The van der Waals surface area contributed by atoms with Crippen molar-refractivity contribution in [1.29, 1.82) is 0 Å². The lowest BCUT2D eigenvalue weighted by molar-refractivity contribution is -0.141. The lowest BCUT2D eigenvalue weighted by Gasteiger charge is -2.42. The van der Waals surface area contributed by atoms with Crippen molar-refractivity contribution in [3.63, 3.8) is 0 Å². The highest BCUT2D eigenvalue weighted by molar-refractivity contribution is 5.74. The minimum absolute atomic E-state index is 0.0840. The van der Waals surface area contributed by atoms with Crippen LogP contribution >= 0.6 is 0 Å². The predicted molar refractivity (Wildman–Crippen MR) is 46.8 cm³/mol. The number of carbonyl (C=O) groups excluding carboxylic acids is 1. The maximum Gasteiger partial charge on any atom is 0.220 e. The van der Waals surface area contributed by atoms with Crippen LogP contribution in [0.25, 0.3) is 0 Å². The number of hydrogen-bond acceptors (Lipinski definition) is 2. The number of morpholine rings is 1. The molecule has 0 aromatic rings. The molecule has 0 spiro atoms. The molecular weight excluding hydrogens is 154 g/mol. The maximum absolute atomic E-state index is 11.2. The molecular formula is C9H15NO2. The SMILES string of the molecule is C=CC1(C)COCCN1C(C)=O. The summed E-state index contributed by atoms with van der Waals surface area (Å²) in [6, 6.07) is 0. The van der Waals surface area contributed by atoms with E-state index in [1.54, 1.807) is 17.9 Å². The molecule has 68 valence electrons. The zero-order valence-corrected chi connectivity index (χ0v) is 7.67. The Labute approximate surface area is 73.0 Å². The van der Waals surface area contributed by atoms with Gasteiger partial charge in [0, 0.05) is 13.5 Å². The summed E-state index contributed by atoms with van der Waals surface area (Å²) in [5.74, 6) is 0.0840. The number of ether oxygens (including phenoxy) is 1. The van der Waals surface area contributed by atoms with Gasteiger partial charge in [0.15, 0.2) is 0 Å². The van der Waals surface area contributed by atoms with Gasteiger partial charge in [0.25, 0.3) is 0 Å². The minimum atomic E-state index is -0.315. The molecule has 1 fully saturated rings. The summed E-state index contributed by atoms with van der Waals surface area (Å²) in [6.07, 6.45) is 1.77. The molecule has 0 aromatic carbocycles. The van der Waals surface area contributed by atoms with Crippen molar-refractivity contribution in [2.24, 2.45) is 0 Å². The normalized spacial score (nSPS) is 30.0. The average molecular weight is 169 g/mol. The van der Waals surface area contributed by atoms with Crippen molar-refractivity contribution in [3.05, 3.63) is 12.7 Å². The van der Waals surface area contributed by atoms with E-state index in [0.29, 0.717) is 19.8 Å². The molecule has 1 heterocycles. The summed E-state index contributed by atoms with van der Waals surface area (Å²) in [4.78, 5) is 13.0. The van der Waals surface area contributed by atoms with Crippen molar-refractivity contribution in [2.45, 2.75) is 19.4 Å². The molecule has 12 heavy (non-hydrogen) atoms. The molecule has 1 aliphatic heterocycles. The maximum atomic E-state index is 11.2. The number of nitrogens with zero attached hydrogens (tertiary/aromatic N) is 1. The van der Waals surface area contributed by atoms with Crippen LogP contribution in [-0.2, 0) is 9.53 Å². The molecule has 1 rings (SSSR count). The van der Waals surface area contributed by atoms with Gasteiger partial charge < -0.3 is 9.64 Å². The van der Waals surface area contributed by atoms with E-state index in [0.717, 1.165) is 0 Å². The standard InChI is InChI=1S/C9H15NO2/c1-4-9(3)7-12-6-5-10(9)8(2)11/h4H,1,5-7H2,2-3H3. The molecule has 1 aliphatic rings. The largest absolute Gasteiger partial charge is 0.377 e. The van der Waals surface area contributed by atoms with Gasteiger partial charge in [0.1, 0.15) is 0 Å². The van der Waals surface area contributed by atoms with E-state index in [2.05, 4.69) is 6.58 Å².